The van der Waals surface area contributed by atoms with Gasteiger partial charge < -0.3 is 9.47 Å². The topological polar surface area (TPSA) is 90.6 Å². The minimum atomic E-state index is -0.291. The summed E-state index contributed by atoms with van der Waals surface area (Å²) in [6, 6.07) is 13.3. The number of aromatic nitrogens is 4. The van der Waals surface area contributed by atoms with Gasteiger partial charge in [0.15, 0.2) is 12.4 Å². The van der Waals surface area contributed by atoms with Gasteiger partial charge in [-0.25, -0.2) is 0 Å². The molecule has 0 radical (unpaired) electrons. The Balaban J connectivity index is 1.43. The van der Waals surface area contributed by atoms with Crippen molar-refractivity contribution in [3.8, 4) is 22.9 Å². The fourth-order valence-electron chi connectivity index (χ4n) is 2.82. The van der Waals surface area contributed by atoms with Crippen molar-refractivity contribution in [1.29, 1.82) is 0 Å². The van der Waals surface area contributed by atoms with Crippen molar-refractivity contribution >= 4 is 27.3 Å². The van der Waals surface area contributed by atoms with E-state index in [4.69, 9.17) is 9.47 Å². The molecule has 2 aromatic heterocycles. The monoisotopic (exact) mass is 423 g/mol. The van der Waals surface area contributed by atoms with E-state index in [2.05, 4.69) is 20.6 Å². The first-order valence-corrected chi connectivity index (χ1v) is 10.3. The molecule has 0 fully saturated rings. The summed E-state index contributed by atoms with van der Waals surface area (Å²) in [5, 5.41) is 15.9. The Hall–Kier alpha value is -3.46. The molecule has 4 rings (SSSR count). The summed E-state index contributed by atoms with van der Waals surface area (Å²) in [5.74, 6) is 1.75. The molecule has 1 N–H and O–H groups in total. The Morgan fingerprint density at radius 2 is 1.80 bits per heavy atom. The lowest BCUT2D eigenvalue weighted by Gasteiger charge is -2.07. The van der Waals surface area contributed by atoms with E-state index in [1.165, 1.54) is 16.9 Å². The number of benzene rings is 2. The number of aryl methyl sites for hydroxylation is 2. The SMILES string of the molecule is CCOc1ccc(-c2nnc3sc(NC(=O)COc4ccc(C)c(C)c4)nn23)cc1. The van der Waals surface area contributed by atoms with E-state index >= 15 is 0 Å². The summed E-state index contributed by atoms with van der Waals surface area (Å²) in [6.45, 7) is 6.48. The summed E-state index contributed by atoms with van der Waals surface area (Å²) in [4.78, 5) is 12.8. The molecule has 0 unspecified atom stereocenters. The number of amides is 1. The molecular weight excluding hydrogens is 402 g/mol. The van der Waals surface area contributed by atoms with Crippen LogP contribution in [0, 0.1) is 13.8 Å². The first-order valence-electron chi connectivity index (χ1n) is 9.49. The summed E-state index contributed by atoms with van der Waals surface area (Å²) in [7, 11) is 0. The highest BCUT2D eigenvalue weighted by atomic mass is 32.1. The van der Waals surface area contributed by atoms with Gasteiger partial charge in [-0.3, -0.25) is 10.1 Å². The van der Waals surface area contributed by atoms with E-state index in [1.54, 1.807) is 4.52 Å². The summed E-state index contributed by atoms with van der Waals surface area (Å²) < 4.78 is 12.6. The predicted octanol–water partition coefficient (Wildman–Crippen LogP) is 3.89. The van der Waals surface area contributed by atoms with Gasteiger partial charge in [0.25, 0.3) is 5.91 Å². The number of anilines is 1. The van der Waals surface area contributed by atoms with Crippen LogP contribution < -0.4 is 14.8 Å². The second kappa shape index (κ2) is 8.50. The summed E-state index contributed by atoms with van der Waals surface area (Å²) in [6.07, 6.45) is 0. The Morgan fingerprint density at radius 3 is 2.53 bits per heavy atom. The van der Waals surface area contributed by atoms with Gasteiger partial charge in [-0.05, 0) is 68.3 Å². The van der Waals surface area contributed by atoms with Gasteiger partial charge in [-0.15, -0.1) is 15.3 Å². The van der Waals surface area contributed by atoms with Crippen molar-refractivity contribution in [3.05, 3.63) is 53.6 Å². The van der Waals surface area contributed by atoms with E-state index in [-0.39, 0.29) is 12.5 Å². The molecule has 0 bridgehead atoms. The van der Waals surface area contributed by atoms with Crippen LogP contribution in [0.15, 0.2) is 42.5 Å². The summed E-state index contributed by atoms with van der Waals surface area (Å²) >= 11 is 1.24. The predicted molar refractivity (Wildman–Crippen MR) is 115 cm³/mol. The highest BCUT2D eigenvalue weighted by Crippen LogP contribution is 2.25. The minimum absolute atomic E-state index is 0.103. The minimum Gasteiger partial charge on any atom is -0.494 e. The molecule has 30 heavy (non-hydrogen) atoms. The van der Waals surface area contributed by atoms with Crippen LogP contribution in [0.2, 0.25) is 0 Å². The Labute approximate surface area is 177 Å². The van der Waals surface area contributed by atoms with E-state index in [0.717, 1.165) is 16.9 Å². The van der Waals surface area contributed by atoms with E-state index in [9.17, 15) is 4.79 Å². The van der Waals surface area contributed by atoms with Crippen molar-refractivity contribution < 1.29 is 14.3 Å². The molecule has 1 amide bonds. The van der Waals surface area contributed by atoms with E-state index in [0.29, 0.717) is 28.3 Å². The van der Waals surface area contributed by atoms with Gasteiger partial charge >= 0.3 is 0 Å². The average molecular weight is 423 g/mol. The van der Waals surface area contributed by atoms with Crippen LogP contribution in [0.25, 0.3) is 16.3 Å². The van der Waals surface area contributed by atoms with Crippen molar-refractivity contribution in [2.24, 2.45) is 0 Å². The number of rotatable bonds is 7. The number of carbonyl (C=O) groups excluding carboxylic acids is 1. The van der Waals surface area contributed by atoms with Crippen molar-refractivity contribution in [2.75, 3.05) is 18.5 Å². The normalized spacial score (nSPS) is 10.9. The van der Waals surface area contributed by atoms with Gasteiger partial charge in [0, 0.05) is 5.56 Å². The lowest BCUT2D eigenvalue weighted by molar-refractivity contribution is -0.118. The molecule has 4 aromatic rings. The van der Waals surface area contributed by atoms with Gasteiger partial charge in [0.2, 0.25) is 10.1 Å². The number of fused-ring (bicyclic) bond motifs is 1. The number of nitrogens with zero attached hydrogens (tertiary/aromatic N) is 4. The molecular formula is C21H21N5O3S. The Bertz CT molecular complexity index is 1180. The fourth-order valence-corrected chi connectivity index (χ4v) is 3.58. The molecule has 0 spiro atoms. The third-order valence-electron chi connectivity index (χ3n) is 4.51. The quantitative estimate of drug-likeness (QED) is 0.485. The zero-order chi connectivity index (χ0) is 21.1. The zero-order valence-electron chi connectivity index (χ0n) is 16.9. The molecule has 154 valence electrons. The van der Waals surface area contributed by atoms with Crippen molar-refractivity contribution in [1.82, 2.24) is 19.8 Å². The van der Waals surface area contributed by atoms with Crippen molar-refractivity contribution in [3.63, 3.8) is 0 Å². The molecule has 2 aromatic carbocycles. The highest BCUT2D eigenvalue weighted by Gasteiger charge is 2.15. The maximum Gasteiger partial charge on any atom is 0.264 e. The van der Waals surface area contributed by atoms with Gasteiger partial charge in [-0.2, -0.15) is 4.52 Å². The third-order valence-corrected chi connectivity index (χ3v) is 5.32. The molecule has 2 heterocycles. The molecule has 9 heteroatoms. The van der Waals surface area contributed by atoms with Crippen LogP contribution in [0.1, 0.15) is 18.1 Å². The molecule has 0 aliphatic carbocycles. The highest BCUT2D eigenvalue weighted by molar-refractivity contribution is 7.20. The Morgan fingerprint density at radius 1 is 1.03 bits per heavy atom. The van der Waals surface area contributed by atoms with Crippen LogP contribution in [0.5, 0.6) is 11.5 Å². The number of hydrogen-bond donors (Lipinski definition) is 1. The number of nitrogens with one attached hydrogen (secondary N) is 1. The fraction of sp³-hybridized carbons (Fsp3) is 0.238. The van der Waals surface area contributed by atoms with Crippen LogP contribution in [-0.4, -0.2) is 38.9 Å². The lowest BCUT2D eigenvalue weighted by atomic mass is 10.1. The Kier molecular flexibility index (Phi) is 5.62. The van der Waals surface area contributed by atoms with Crippen LogP contribution in [0.4, 0.5) is 5.13 Å². The number of carbonyl (C=O) groups is 1. The van der Waals surface area contributed by atoms with Gasteiger partial charge in [-0.1, -0.05) is 17.4 Å². The lowest BCUT2D eigenvalue weighted by Crippen LogP contribution is -2.20. The summed E-state index contributed by atoms with van der Waals surface area (Å²) in [5.41, 5.74) is 3.14. The molecule has 8 nitrogen and oxygen atoms in total. The number of hydrogen-bond acceptors (Lipinski definition) is 7. The number of ether oxygens (including phenoxy) is 2. The molecule has 0 saturated carbocycles. The first kappa shape index (κ1) is 19.8. The molecule has 0 saturated heterocycles. The molecule has 0 atom stereocenters. The van der Waals surface area contributed by atoms with Gasteiger partial charge in [0.1, 0.15) is 11.5 Å². The van der Waals surface area contributed by atoms with Crippen LogP contribution in [-0.2, 0) is 4.79 Å². The van der Waals surface area contributed by atoms with E-state index < -0.39 is 0 Å². The third kappa shape index (κ3) is 4.25. The molecule has 0 aliphatic rings. The zero-order valence-corrected chi connectivity index (χ0v) is 17.7. The molecule has 0 aliphatic heterocycles. The van der Waals surface area contributed by atoms with Crippen LogP contribution in [0.3, 0.4) is 0 Å². The standard InChI is InChI=1S/C21H21N5O3S/c1-4-28-16-9-6-15(7-10-16)19-23-24-21-26(19)25-20(30-21)22-18(27)12-29-17-8-5-13(2)14(3)11-17/h5-11H,4,12H2,1-3H3,(H,22,25,27). The second-order valence-electron chi connectivity index (χ2n) is 6.67. The largest absolute Gasteiger partial charge is 0.494 e. The average Bonchev–Trinajstić information content (AvgIpc) is 3.30. The second-order valence-corrected chi connectivity index (χ2v) is 7.62. The maximum atomic E-state index is 12.3. The van der Waals surface area contributed by atoms with Crippen molar-refractivity contribution in [2.45, 2.75) is 20.8 Å². The first-order chi connectivity index (χ1) is 14.5. The van der Waals surface area contributed by atoms with Gasteiger partial charge in [0.05, 0.1) is 6.61 Å². The van der Waals surface area contributed by atoms with E-state index in [1.807, 2.05) is 63.2 Å². The smallest absolute Gasteiger partial charge is 0.264 e. The van der Waals surface area contributed by atoms with Crippen LogP contribution >= 0.6 is 11.3 Å². The maximum absolute atomic E-state index is 12.3.